The van der Waals surface area contributed by atoms with Gasteiger partial charge in [-0.3, -0.25) is 4.57 Å². The van der Waals surface area contributed by atoms with Crippen molar-refractivity contribution in [3.63, 3.8) is 0 Å². The van der Waals surface area contributed by atoms with Crippen molar-refractivity contribution < 1.29 is 0 Å². The number of para-hydroxylation sites is 1. The molecule has 0 atom stereocenters. The molecule has 0 saturated carbocycles. The Bertz CT molecular complexity index is 2930. The van der Waals surface area contributed by atoms with Crippen LogP contribution in [0, 0.1) is 0 Å². The lowest BCUT2D eigenvalue weighted by Gasteiger charge is -2.30. The lowest BCUT2D eigenvalue weighted by molar-refractivity contribution is 1.01. The van der Waals surface area contributed by atoms with Crippen LogP contribution in [0.1, 0.15) is 0 Å². The Morgan fingerprint density at radius 2 is 1.10 bits per heavy atom. The SMILES string of the molecule is c1ccc(-c2nc(-n3c4ccccc4c4cc5c(cc43)sc3ccccc35)nc3c2-c2ccccc2[Si]3(c2ccccc2)c2ccccc2)cc1. The van der Waals surface area contributed by atoms with Gasteiger partial charge in [0.15, 0.2) is 0 Å². The van der Waals surface area contributed by atoms with Crippen molar-refractivity contribution in [2.45, 2.75) is 0 Å². The molecular weight excluding hydrogens is 655 g/mol. The Kier molecular flexibility index (Phi) is 6.14. The zero-order valence-corrected chi connectivity index (χ0v) is 29.3. The van der Waals surface area contributed by atoms with E-state index in [1.807, 2.05) is 11.3 Å². The fourth-order valence-electron chi connectivity index (χ4n) is 8.57. The second kappa shape index (κ2) is 10.9. The summed E-state index contributed by atoms with van der Waals surface area (Å²) in [4.78, 5) is 11.5. The highest BCUT2D eigenvalue weighted by Gasteiger charge is 2.51. The van der Waals surface area contributed by atoms with Gasteiger partial charge in [0.05, 0.1) is 22.0 Å². The summed E-state index contributed by atoms with van der Waals surface area (Å²) in [5.74, 6) is 0.704. The Balaban J connectivity index is 1.32. The number of fused-ring (bicyclic) bond motifs is 9. The minimum absolute atomic E-state index is 0.704. The zero-order valence-electron chi connectivity index (χ0n) is 27.5. The summed E-state index contributed by atoms with van der Waals surface area (Å²) in [6, 6.07) is 64.1. The van der Waals surface area contributed by atoms with Gasteiger partial charge >= 0.3 is 0 Å². The minimum Gasteiger partial charge on any atom is -0.278 e. The van der Waals surface area contributed by atoms with Crippen molar-refractivity contribution in [1.82, 2.24) is 14.5 Å². The molecule has 3 aromatic heterocycles. The van der Waals surface area contributed by atoms with Crippen molar-refractivity contribution >= 4 is 82.3 Å². The number of hydrogen-bond donors (Lipinski definition) is 0. The molecule has 0 aliphatic carbocycles. The van der Waals surface area contributed by atoms with Crippen LogP contribution in [-0.2, 0) is 0 Å². The van der Waals surface area contributed by atoms with Crippen LogP contribution < -0.4 is 20.9 Å². The van der Waals surface area contributed by atoms with Crippen LogP contribution >= 0.6 is 11.3 Å². The predicted octanol–water partition coefficient (Wildman–Crippen LogP) is 8.97. The summed E-state index contributed by atoms with van der Waals surface area (Å²) >= 11 is 1.85. The van der Waals surface area contributed by atoms with Gasteiger partial charge in [-0.2, -0.15) is 0 Å². The van der Waals surface area contributed by atoms with Crippen LogP contribution in [0.5, 0.6) is 0 Å². The number of hydrogen-bond acceptors (Lipinski definition) is 3. The average Bonchev–Trinajstić information content (AvgIpc) is 3.83. The summed E-state index contributed by atoms with van der Waals surface area (Å²) in [7, 11) is -2.90. The van der Waals surface area contributed by atoms with E-state index in [1.165, 1.54) is 52.1 Å². The standard InChI is InChI=1S/C46H29N3SSi/c1-4-16-30(17-5-1)44-43-35-24-12-15-27-42(35)51(31-18-6-2-7-19-31,32-20-8-3-9-21-32)45(43)48-46(47-44)49-38-25-13-10-22-33(38)36-28-37-34-23-11-14-26-40(34)50-41(37)29-39(36)49/h1-29H. The summed E-state index contributed by atoms with van der Waals surface area (Å²) in [5.41, 5.74) is 6.66. The van der Waals surface area contributed by atoms with Gasteiger partial charge < -0.3 is 0 Å². The molecule has 4 heterocycles. The maximum absolute atomic E-state index is 5.84. The van der Waals surface area contributed by atoms with Crippen LogP contribution in [0.25, 0.3) is 70.3 Å². The van der Waals surface area contributed by atoms with Crippen LogP contribution in [0.2, 0.25) is 0 Å². The molecule has 238 valence electrons. The van der Waals surface area contributed by atoms with E-state index < -0.39 is 8.07 Å². The summed E-state index contributed by atoms with van der Waals surface area (Å²) in [6.45, 7) is 0. The molecule has 7 aromatic carbocycles. The topological polar surface area (TPSA) is 30.7 Å². The van der Waals surface area contributed by atoms with Crippen molar-refractivity contribution in [2.75, 3.05) is 0 Å². The second-order valence-corrected chi connectivity index (χ2v) is 18.1. The molecule has 0 saturated heterocycles. The molecule has 0 fully saturated rings. The monoisotopic (exact) mass is 683 g/mol. The van der Waals surface area contributed by atoms with Crippen LogP contribution in [0.15, 0.2) is 176 Å². The lowest BCUT2D eigenvalue weighted by Crippen LogP contribution is -2.73. The van der Waals surface area contributed by atoms with Gasteiger partial charge in [0.1, 0.15) is 0 Å². The lowest BCUT2D eigenvalue weighted by atomic mass is 10.0. The number of nitrogens with zero attached hydrogens (tertiary/aromatic N) is 3. The Morgan fingerprint density at radius 1 is 0.471 bits per heavy atom. The average molecular weight is 684 g/mol. The van der Waals surface area contributed by atoms with E-state index in [9.17, 15) is 0 Å². The van der Waals surface area contributed by atoms with E-state index in [0.717, 1.165) is 33.2 Å². The van der Waals surface area contributed by atoms with E-state index in [2.05, 4.69) is 180 Å². The molecule has 10 aromatic rings. The van der Waals surface area contributed by atoms with Gasteiger partial charge in [0.2, 0.25) is 14.0 Å². The van der Waals surface area contributed by atoms with Gasteiger partial charge in [0.25, 0.3) is 0 Å². The van der Waals surface area contributed by atoms with E-state index >= 15 is 0 Å². The highest BCUT2D eigenvalue weighted by Crippen LogP contribution is 2.41. The normalized spacial score (nSPS) is 13.3. The summed E-state index contributed by atoms with van der Waals surface area (Å²) in [6.07, 6.45) is 0. The predicted molar refractivity (Wildman–Crippen MR) is 217 cm³/mol. The first-order chi connectivity index (χ1) is 25.3. The molecular formula is C46H29N3SSi. The summed E-state index contributed by atoms with van der Waals surface area (Å²) in [5, 5.41) is 10.1. The first-order valence-corrected chi connectivity index (χ1v) is 20.2. The first-order valence-electron chi connectivity index (χ1n) is 17.3. The summed E-state index contributed by atoms with van der Waals surface area (Å²) < 4.78 is 4.89. The van der Waals surface area contributed by atoms with Gasteiger partial charge in [-0.05, 0) is 45.4 Å². The molecule has 1 aliphatic heterocycles. The molecule has 11 rings (SSSR count). The van der Waals surface area contributed by atoms with Crippen molar-refractivity contribution in [3.8, 4) is 28.3 Å². The van der Waals surface area contributed by atoms with Crippen LogP contribution in [-0.4, -0.2) is 22.6 Å². The van der Waals surface area contributed by atoms with Crippen molar-refractivity contribution in [1.29, 1.82) is 0 Å². The van der Waals surface area contributed by atoms with Gasteiger partial charge in [0, 0.05) is 42.1 Å². The number of rotatable bonds is 4. The second-order valence-electron chi connectivity index (χ2n) is 13.3. The van der Waals surface area contributed by atoms with Crippen molar-refractivity contribution in [3.05, 3.63) is 176 Å². The molecule has 0 N–H and O–H groups in total. The third kappa shape index (κ3) is 3.99. The first kappa shape index (κ1) is 28.7. The highest BCUT2D eigenvalue weighted by molar-refractivity contribution is 7.26. The molecule has 0 radical (unpaired) electrons. The van der Waals surface area contributed by atoms with Crippen molar-refractivity contribution in [2.24, 2.45) is 0 Å². The highest BCUT2D eigenvalue weighted by atomic mass is 32.1. The maximum Gasteiger partial charge on any atom is 0.235 e. The van der Waals surface area contributed by atoms with Gasteiger partial charge in [-0.1, -0.05) is 152 Å². The Hall–Kier alpha value is -6.14. The number of aromatic nitrogens is 3. The minimum atomic E-state index is -2.90. The van der Waals surface area contributed by atoms with E-state index in [1.54, 1.807) is 0 Å². The number of benzene rings is 7. The third-order valence-corrected chi connectivity index (χ3v) is 16.5. The third-order valence-electron chi connectivity index (χ3n) is 10.7. The number of thiophene rings is 1. The molecule has 0 amide bonds. The van der Waals surface area contributed by atoms with E-state index in [-0.39, 0.29) is 0 Å². The molecule has 51 heavy (non-hydrogen) atoms. The molecule has 1 aliphatic rings. The quantitative estimate of drug-likeness (QED) is 0.174. The molecule has 3 nitrogen and oxygen atoms in total. The van der Waals surface area contributed by atoms with E-state index in [0.29, 0.717) is 5.95 Å². The van der Waals surface area contributed by atoms with Gasteiger partial charge in [-0.25, -0.2) is 9.97 Å². The Morgan fingerprint density at radius 3 is 1.86 bits per heavy atom. The van der Waals surface area contributed by atoms with Crippen LogP contribution in [0.4, 0.5) is 0 Å². The Labute approximate surface area is 299 Å². The molecule has 0 unspecified atom stereocenters. The van der Waals surface area contributed by atoms with Crippen LogP contribution in [0.3, 0.4) is 0 Å². The maximum atomic E-state index is 5.84. The molecule has 0 spiro atoms. The van der Waals surface area contributed by atoms with E-state index in [4.69, 9.17) is 9.97 Å². The zero-order chi connectivity index (χ0) is 33.5. The largest absolute Gasteiger partial charge is 0.278 e. The molecule has 0 bridgehead atoms. The molecule has 5 heteroatoms. The fourth-order valence-corrected chi connectivity index (χ4v) is 14.7. The fraction of sp³-hybridized carbons (Fsp3) is 0. The smallest absolute Gasteiger partial charge is 0.235 e. The van der Waals surface area contributed by atoms with Gasteiger partial charge in [-0.15, -0.1) is 11.3 Å².